The second kappa shape index (κ2) is 16.7. The van der Waals surface area contributed by atoms with E-state index in [-0.39, 0.29) is 123 Å². The molecule has 8 N–H and O–H groups in total. The molecule has 0 aliphatic carbocycles. The summed E-state index contributed by atoms with van der Waals surface area (Å²) in [4.78, 5) is 70.0. The molecule has 4 aromatic heterocycles. The number of aliphatic hydroxyl groups excluding tert-OH is 3. The average molecular weight is 758 g/mol. The molecule has 0 spiro atoms. The molecule has 2 aliphatic heterocycles. The predicted octanol–water partition coefficient (Wildman–Crippen LogP) is -14.3. The van der Waals surface area contributed by atoms with Crippen molar-refractivity contribution in [1.82, 2.24) is 39.0 Å². The van der Waals surface area contributed by atoms with Crippen LogP contribution in [0, 0.1) is 0 Å². The van der Waals surface area contributed by atoms with Crippen molar-refractivity contribution < 1.29 is 151 Å². The summed E-state index contributed by atoms with van der Waals surface area (Å²) in [5, 5.41) is 31.3. The van der Waals surface area contributed by atoms with Gasteiger partial charge in [-0.2, -0.15) is 4.98 Å². The molecule has 0 amide bonds. The van der Waals surface area contributed by atoms with Crippen LogP contribution in [0.4, 0.5) is 11.8 Å². The van der Waals surface area contributed by atoms with E-state index >= 15 is 0 Å². The smallest absolute Gasteiger partial charge is 0.790 e. The van der Waals surface area contributed by atoms with Gasteiger partial charge in [0.25, 0.3) is 13.4 Å². The Balaban J connectivity index is 0.00000217. The number of aromatic amines is 1. The molecule has 0 aromatic carbocycles. The third kappa shape index (κ3) is 8.84. The molecule has 0 bridgehead atoms. The van der Waals surface area contributed by atoms with Crippen molar-refractivity contribution in [2.75, 3.05) is 24.7 Å². The quantitative estimate of drug-likeness (QED) is 0.0646. The Hall–Kier alpha value is -0.480. The van der Waals surface area contributed by atoms with Gasteiger partial charge in [0.2, 0.25) is 5.95 Å². The first-order chi connectivity index (χ1) is 21.7. The average Bonchev–Trinajstić information content (AvgIpc) is 3.73. The third-order valence-electron chi connectivity index (χ3n) is 7.09. The fourth-order valence-corrected chi connectivity index (χ4v) is 6.58. The zero-order chi connectivity index (χ0) is 33.1. The molecular weight excluding hydrogens is 735 g/mol. The molecule has 24 nitrogen and oxygen atoms in total. The maximum absolute atomic E-state index is 13.0. The van der Waals surface area contributed by atoms with Crippen LogP contribution in [0.15, 0.2) is 23.8 Å². The predicted molar refractivity (Wildman–Crippen MR) is 140 cm³/mol. The van der Waals surface area contributed by atoms with E-state index in [0.717, 1.165) is 28.1 Å². The minimum absolute atomic E-state index is 0. The van der Waals surface area contributed by atoms with Crippen molar-refractivity contribution in [3.8, 4) is 0 Å². The second-order valence-corrected chi connectivity index (χ2v) is 12.5. The van der Waals surface area contributed by atoms with E-state index in [1.165, 1.54) is 0 Å². The molecular formula is C20H23N10Na3O14P2. The van der Waals surface area contributed by atoms with Crippen LogP contribution < -0.4 is 120 Å². The van der Waals surface area contributed by atoms with Gasteiger partial charge in [0.05, 0.1) is 33.7 Å². The van der Waals surface area contributed by atoms with Gasteiger partial charge in [-0.25, -0.2) is 19.9 Å². The van der Waals surface area contributed by atoms with Crippen molar-refractivity contribution in [3.63, 3.8) is 0 Å². The normalized spacial score (nSPS) is 28.1. The van der Waals surface area contributed by atoms with Gasteiger partial charge >= 0.3 is 88.7 Å². The number of nitrogen functional groups attached to an aromatic ring is 2. The summed E-state index contributed by atoms with van der Waals surface area (Å²) >= 11 is 0. The minimum atomic E-state index is -5.79. The molecule has 2 fully saturated rings. The minimum Gasteiger partial charge on any atom is -0.790 e. The van der Waals surface area contributed by atoms with E-state index in [2.05, 4.69) is 34.4 Å². The first-order valence-electron chi connectivity index (χ1n) is 12.9. The number of aliphatic hydroxyl groups is 3. The molecule has 250 valence electrons. The molecule has 6 heterocycles. The van der Waals surface area contributed by atoms with Crippen LogP contribution in [0.1, 0.15) is 12.5 Å². The number of phosphoric acid groups is 2. The van der Waals surface area contributed by atoms with Crippen molar-refractivity contribution in [2.45, 2.75) is 49.1 Å². The van der Waals surface area contributed by atoms with Crippen LogP contribution in [-0.4, -0.2) is 104 Å². The summed E-state index contributed by atoms with van der Waals surface area (Å²) in [6, 6.07) is 0. The van der Waals surface area contributed by atoms with E-state index in [4.69, 9.17) is 30.0 Å². The number of hydrogen-bond donors (Lipinski definition) is 6. The van der Waals surface area contributed by atoms with Crippen molar-refractivity contribution in [2.24, 2.45) is 0 Å². The molecule has 49 heavy (non-hydrogen) atoms. The first-order valence-corrected chi connectivity index (χ1v) is 15.9. The molecule has 9 atom stereocenters. The van der Waals surface area contributed by atoms with E-state index < -0.39 is 83.5 Å². The fourth-order valence-electron chi connectivity index (χ4n) is 5.10. The standard InChI is InChI=1S/C20H26N10O14P2.3Na/c21-14-8-15(24-3-23-14)29(4-25-8)18-11(33)12(43-45(35,36)37)7(42-18)2-40-46(38,39)44-13-10(32)6(1-31)41-19(13)30-5-26-9-16(30)27-20(22)28-17(9)34;;;/h3-7,10-13,18-19,31-33H,1-2H2,(H,38,39)(H2,21,23,24)(H2,35,36,37)(H3,22,27,28,34);;;/q;3*+1/p-3/t6-,7-,10-,11-,12-,13-,18-,19-;;;/m1.../s1. The van der Waals surface area contributed by atoms with Gasteiger partial charge in [-0.3, -0.25) is 23.5 Å². The number of nitrogens with one attached hydrogen (secondary N) is 1. The summed E-state index contributed by atoms with van der Waals surface area (Å²) in [5.41, 5.74) is 10.4. The number of aromatic nitrogens is 8. The Bertz CT molecular complexity index is 1930. The van der Waals surface area contributed by atoms with E-state index in [1.807, 2.05) is 0 Å². The zero-order valence-electron chi connectivity index (χ0n) is 25.8. The molecule has 29 heteroatoms. The number of ether oxygens (including phenoxy) is 2. The Kier molecular flexibility index (Phi) is 14.6. The maximum atomic E-state index is 13.0. The molecule has 0 saturated carbocycles. The van der Waals surface area contributed by atoms with Gasteiger partial charge in [0.1, 0.15) is 48.5 Å². The van der Waals surface area contributed by atoms with Crippen LogP contribution in [0.5, 0.6) is 0 Å². The largest absolute Gasteiger partial charge is 1.00 e. The zero-order valence-corrected chi connectivity index (χ0v) is 33.6. The summed E-state index contributed by atoms with van der Waals surface area (Å²) < 4.78 is 52.3. The van der Waals surface area contributed by atoms with Crippen LogP contribution in [0.3, 0.4) is 0 Å². The topological polar surface area (TPSA) is 369 Å². The molecule has 0 radical (unpaired) electrons. The van der Waals surface area contributed by atoms with Crippen LogP contribution in [0.25, 0.3) is 22.3 Å². The number of anilines is 2. The summed E-state index contributed by atoms with van der Waals surface area (Å²) in [7, 11) is -11.3. The number of phosphoric ester groups is 2. The number of rotatable bonds is 10. The van der Waals surface area contributed by atoms with E-state index in [9.17, 15) is 43.9 Å². The van der Waals surface area contributed by atoms with Gasteiger partial charge < -0.3 is 69.1 Å². The van der Waals surface area contributed by atoms with Gasteiger partial charge in [-0.05, 0) is 0 Å². The maximum Gasteiger partial charge on any atom is 1.00 e. The number of nitrogens with two attached hydrogens (primary N) is 2. The number of nitrogens with zero attached hydrogens (tertiary/aromatic N) is 7. The second-order valence-electron chi connectivity index (χ2n) is 9.98. The Morgan fingerprint density at radius 2 is 1.51 bits per heavy atom. The number of imidazole rings is 2. The van der Waals surface area contributed by atoms with Gasteiger partial charge in [-0.15, -0.1) is 0 Å². The number of fused-ring (bicyclic) bond motifs is 2. The third-order valence-corrected chi connectivity index (χ3v) is 8.56. The Morgan fingerprint density at radius 1 is 0.878 bits per heavy atom. The van der Waals surface area contributed by atoms with E-state index in [0.29, 0.717) is 0 Å². The van der Waals surface area contributed by atoms with Gasteiger partial charge in [-0.1, -0.05) is 0 Å². The fraction of sp³-hybridized carbons (Fsp3) is 0.500. The molecule has 2 saturated heterocycles. The number of hydrogen-bond acceptors (Lipinski definition) is 21. The first kappa shape index (κ1) is 42.9. The molecule has 4 aromatic rings. The molecule has 6 rings (SSSR count). The van der Waals surface area contributed by atoms with Crippen LogP contribution in [-0.2, 0) is 32.2 Å². The van der Waals surface area contributed by atoms with Crippen molar-refractivity contribution in [3.05, 3.63) is 29.3 Å². The summed E-state index contributed by atoms with van der Waals surface area (Å²) in [5.74, 6) is -0.354. The Labute approximate surface area is 339 Å². The molecule has 2 aliphatic rings. The Morgan fingerprint density at radius 3 is 2.16 bits per heavy atom. The summed E-state index contributed by atoms with van der Waals surface area (Å²) in [6.45, 7) is -1.87. The summed E-state index contributed by atoms with van der Waals surface area (Å²) in [6.07, 6.45) is -10.5. The van der Waals surface area contributed by atoms with Gasteiger partial charge in [0, 0.05) is 0 Å². The van der Waals surface area contributed by atoms with Gasteiger partial charge in [0.15, 0.2) is 35.1 Å². The number of H-pyrrole nitrogens is 1. The SMILES string of the molecule is Nc1nc2c(ncn2[C@@H]2O[C@H](CO)[C@@H](O)[C@H]2OP(=O)([O-])OC[C@H]2O[C@@H](n3cnc4c(N)ncnc43)[C@H](O)[C@@H]2OP(=O)([O-])[O-])c(=O)[nH]1.[Na+].[Na+].[Na+]. The van der Waals surface area contributed by atoms with Crippen LogP contribution in [0.2, 0.25) is 0 Å². The van der Waals surface area contributed by atoms with Crippen molar-refractivity contribution >= 4 is 49.7 Å². The molecule has 1 unspecified atom stereocenters. The van der Waals surface area contributed by atoms with Crippen molar-refractivity contribution in [1.29, 1.82) is 0 Å². The van der Waals surface area contributed by atoms with Crippen LogP contribution >= 0.6 is 15.6 Å². The van der Waals surface area contributed by atoms with E-state index in [1.54, 1.807) is 0 Å². The monoisotopic (exact) mass is 758 g/mol.